The average Bonchev–Trinajstić information content (AvgIpc) is 2.73. The van der Waals surface area contributed by atoms with Gasteiger partial charge in [-0.2, -0.15) is 0 Å². The van der Waals surface area contributed by atoms with Crippen molar-refractivity contribution in [2.45, 2.75) is 33.1 Å². The minimum absolute atomic E-state index is 0.0766. The van der Waals surface area contributed by atoms with Crippen LogP contribution in [0.25, 0.3) is 11.1 Å². The van der Waals surface area contributed by atoms with Gasteiger partial charge in [0.2, 0.25) is 0 Å². The zero-order chi connectivity index (χ0) is 20.9. The van der Waals surface area contributed by atoms with E-state index in [2.05, 4.69) is 81.4 Å². The first-order valence-corrected chi connectivity index (χ1v) is 9.97. The quantitative estimate of drug-likeness (QED) is 0.471. The van der Waals surface area contributed by atoms with Gasteiger partial charge in [0.1, 0.15) is 5.75 Å². The van der Waals surface area contributed by atoms with Crippen molar-refractivity contribution < 1.29 is 14.3 Å². The molecule has 0 aliphatic heterocycles. The van der Waals surface area contributed by atoms with Crippen LogP contribution in [0.5, 0.6) is 5.75 Å². The van der Waals surface area contributed by atoms with Crippen molar-refractivity contribution in [3.63, 3.8) is 0 Å². The summed E-state index contributed by atoms with van der Waals surface area (Å²) < 4.78 is 10.4. The molecule has 0 amide bonds. The van der Waals surface area contributed by atoms with E-state index in [9.17, 15) is 4.79 Å². The van der Waals surface area contributed by atoms with Crippen molar-refractivity contribution in [3.05, 3.63) is 89.5 Å². The second kappa shape index (κ2) is 8.95. The van der Waals surface area contributed by atoms with Crippen LogP contribution in [0.3, 0.4) is 0 Å². The number of carbonyl (C=O) groups is 1. The van der Waals surface area contributed by atoms with Gasteiger partial charge in [-0.3, -0.25) is 0 Å². The molecule has 3 aromatic carbocycles. The maximum Gasteiger partial charge on any atom is 0.344 e. The Labute approximate surface area is 173 Å². The summed E-state index contributed by atoms with van der Waals surface area (Å²) >= 11 is 0. The standard InChI is InChI=1S/C26H28O3/c1-5-28-25(27)18-29-22-16-14-21(15-17-22)26(3,4)24-9-7-6-8-23(24)20-12-10-19(2)11-13-20/h6-17H,5,18H2,1-4H3. The van der Waals surface area contributed by atoms with Crippen molar-refractivity contribution >= 4 is 5.97 Å². The number of hydrogen-bond acceptors (Lipinski definition) is 3. The molecule has 0 spiro atoms. The second-order valence-corrected chi connectivity index (χ2v) is 7.65. The summed E-state index contributed by atoms with van der Waals surface area (Å²) in [6, 6.07) is 25.1. The van der Waals surface area contributed by atoms with E-state index in [0.717, 1.165) is 0 Å². The van der Waals surface area contributed by atoms with E-state index < -0.39 is 0 Å². The monoisotopic (exact) mass is 388 g/mol. The number of benzene rings is 3. The van der Waals surface area contributed by atoms with Gasteiger partial charge in [0, 0.05) is 5.41 Å². The SMILES string of the molecule is CCOC(=O)COc1ccc(C(C)(C)c2ccccc2-c2ccc(C)cc2)cc1. The van der Waals surface area contributed by atoms with Crippen LogP contribution >= 0.6 is 0 Å². The number of aryl methyl sites for hydroxylation is 1. The summed E-state index contributed by atoms with van der Waals surface area (Å²) in [6.07, 6.45) is 0. The molecule has 0 atom stereocenters. The van der Waals surface area contributed by atoms with Gasteiger partial charge in [-0.05, 0) is 48.2 Å². The highest BCUT2D eigenvalue weighted by molar-refractivity contribution is 5.71. The van der Waals surface area contributed by atoms with E-state index in [1.54, 1.807) is 6.92 Å². The third-order valence-electron chi connectivity index (χ3n) is 5.20. The van der Waals surface area contributed by atoms with Crippen molar-refractivity contribution in [3.8, 4) is 16.9 Å². The second-order valence-electron chi connectivity index (χ2n) is 7.65. The largest absolute Gasteiger partial charge is 0.482 e. The molecule has 0 aromatic heterocycles. The van der Waals surface area contributed by atoms with E-state index in [1.807, 2.05) is 12.1 Å². The molecule has 0 saturated carbocycles. The van der Waals surface area contributed by atoms with Crippen LogP contribution in [0.4, 0.5) is 0 Å². The molecule has 0 bridgehead atoms. The van der Waals surface area contributed by atoms with Crippen LogP contribution in [0, 0.1) is 6.92 Å². The Kier molecular flexibility index (Phi) is 6.38. The molecule has 0 fully saturated rings. The molecule has 0 unspecified atom stereocenters. The highest BCUT2D eigenvalue weighted by atomic mass is 16.6. The topological polar surface area (TPSA) is 35.5 Å². The van der Waals surface area contributed by atoms with Crippen molar-refractivity contribution in [1.29, 1.82) is 0 Å². The summed E-state index contributed by atoms with van der Waals surface area (Å²) in [5.74, 6) is 0.299. The maximum absolute atomic E-state index is 11.5. The first-order chi connectivity index (χ1) is 13.9. The minimum atomic E-state index is -0.357. The van der Waals surface area contributed by atoms with Gasteiger partial charge < -0.3 is 9.47 Å². The Balaban J connectivity index is 1.86. The molecule has 29 heavy (non-hydrogen) atoms. The summed E-state index contributed by atoms with van der Waals surface area (Å²) in [4.78, 5) is 11.5. The smallest absolute Gasteiger partial charge is 0.344 e. The molecule has 0 aliphatic carbocycles. The Morgan fingerprint density at radius 2 is 1.55 bits per heavy atom. The molecule has 3 nitrogen and oxygen atoms in total. The predicted molar refractivity (Wildman–Crippen MR) is 117 cm³/mol. The number of hydrogen-bond donors (Lipinski definition) is 0. The van der Waals surface area contributed by atoms with Crippen LogP contribution < -0.4 is 4.74 Å². The van der Waals surface area contributed by atoms with Crippen LogP contribution in [0.1, 0.15) is 37.5 Å². The van der Waals surface area contributed by atoms with E-state index in [0.29, 0.717) is 12.4 Å². The first-order valence-electron chi connectivity index (χ1n) is 9.97. The van der Waals surface area contributed by atoms with E-state index in [1.165, 1.54) is 27.8 Å². The summed E-state index contributed by atoms with van der Waals surface area (Å²) in [7, 11) is 0. The number of ether oxygens (including phenoxy) is 2. The maximum atomic E-state index is 11.5. The molecule has 0 saturated heterocycles. The first kappa shape index (κ1) is 20.7. The lowest BCUT2D eigenvalue weighted by Gasteiger charge is -2.29. The van der Waals surface area contributed by atoms with Crippen LogP contribution in [0.2, 0.25) is 0 Å². The molecular formula is C26H28O3. The summed E-state index contributed by atoms with van der Waals surface area (Å²) in [6.45, 7) is 8.62. The highest BCUT2D eigenvalue weighted by Gasteiger charge is 2.26. The van der Waals surface area contributed by atoms with Gasteiger partial charge in [0.25, 0.3) is 0 Å². The van der Waals surface area contributed by atoms with E-state index >= 15 is 0 Å². The fourth-order valence-corrected chi connectivity index (χ4v) is 3.48. The van der Waals surface area contributed by atoms with Crippen LogP contribution in [-0.2, 0) is 14.9 Å². The number of carbonyl (C=O) groups excluding carboxylic acids is 1. The number of rotatable bonds is 7. The predicted octanol–water partition coefficient (Wildman–Crippen LogP) is 5.93. The fraction of sp³-hybridized carbons (Fsp3) is 0.269. The molecule has 0 heterocycles. The summed E-state index contributed by atoms with van der Waals surface area (Å²) in [5.41, 5.74) is 5.96. The molecular weight excluding hydrogens is 360 g/mol. The van der Waals surface area contributed by atoms with E-state index in [-0.39, 0.29) is 18.0 Å². The highest BCUT2D eigenvalue weighted by Crippen LogP contribution is 2.38. The zero-order valence-electron chi connectivity index (χ0n) is 17.6. The van der Waals surface area contributed by atoms with Gasteiger partial charge in [-0.1, -0.05) is 80.1 Å². The third-order valence-corrected chi connectivity index (χ3v) is 5.20. The van der Waals surface area contributed by atoms with Crippen LogP contribution in [0.15, 0.2) is 72.8 Å². The molecule has 0 N–H and O–H groups in total. The van der Waals surface area contributed by atoms with Gasteiger partial charge in [0.15, 0.2) is 6.61 Å². The van der Waals surface area contributed by atoms with Crippen molar-refractivity contribution in [2.24, 2.45) is 0 Å². The minimum Gasteiger partial charge on any atom is -0.482 e. The van der Waals surface area contributed by atoms with Gasteiger partial charge in [0.05, 0.1) is 6.61 Å². The van der Waals surface area contributed by atoms with E-state index in [4.69, 9.17) is 9.47 Å². The molecule has 3 heteroatoms. The fourth-order valence-electron chi connectivity index (χ4n) is 3.48. The van der Waals surface area contributed by atoms with Crippen molar-refractivity contribution in [1.82, 2.24) is 0 Å². The Bertz CT molecular complexity index is 954. The average molecular weight is 389 g/mol. The Hall–Kier alpha value is -3.07. The third kappa shape index (κ3) is 4.86. The normalized spacial score (nSPS) is 11.2. The zero-order valence-corrected chi connectivity index (χ0v) is 17.6. The van der Waals surface area contributed by atoms with Gasteiger partial charge in [-0.15, -0.1) is 0 Å². The molecule has 0 radical (unpaired) electrons. The van der Waals surface area contributed by atoms with Gasteiger partial charge in [-0.25, -0.2) is 4.79 Å². The molecule has 3 aromatic rings. The lowest BCUT2D eigenvalue weighted by atomic mass is 9.75. The summed E-state index contributed by atoms with van der Waals surface area (Å²) in [5, 5.41) is 0. The van der Waals surface area contributed by atoms with Gasteiger partial charge >= 0.3 is 5.97 Å². The van der Waals surface area contributed by atoms with Crippen molar-refractivity contribution in [2.75, 3.05) is 13.2 Å². The Morgan fingerprint density at radius 1 is 0.897 bits per heavy atom. The Morgan fingerprint density at radius 3 is 2.21 bits per heavy atom. The lowest BCUT2D eigenvalue weighted by molar-refractivity contribution is -0.145. The number of esters is 1. The van der Waals surface area contributed by atoms with Crippen LogP contribution in [-0.4, -0.2) is 19.2 Å². The molecule has 3 rings (SSSR count). The molecule has 0 aliphatic rings. The molecule has 150 valence electrons. The lowest BCUT2D eigenvalue weighted by Crippen LogP contribution is -2.20.